The molecule has 12 aromatic rings. The Hall–Kier alpha value is -7.22. The third kappa shape index (κ3) is 4.15. The van der Waals surface area contributed by atoms with E-state index in [1.165, 1.54) is 115 Å². The van der Waals surface area contributed by atoms with Crippen molar-refractivity contribution in [3.05, 3.63) is 193 Å². The van der Waals surface area contributed by atoms with E-state index >= 15 is 0 Å². The van der Waals surface area contributed by atoms with E-state index in [-0.39, 0.29) is 5.41 Å². The van der Waals surface area contributed by atoms with Gasteiger partial charge in [-0.1, -0.05) is 172 Å². The second kappa shape index (κ2) is 11.4. The van der Waals surface area contributed by atoms with Crippen molar-refractivity contribution in [1.82, 2.24) is 0 Å². The molecule has 0 amide bonds. The Bertz CT molecular complexity index is 3710. The molecule has 270 valence electrons. The maximum Gasteiger partial charge on any atom is 0.136 e. The summed E-state index contributed by atoms with van der Waals surface area (Å²) < 4.78 is 6.45. The molecular formula is C57H36O. The van der Waals surface area contributed by atoms with Crippen LogP contribution in [0.5, 0.6) is 0 Å². The normalized spacial score (nSPS) is 13.5. The van der Waals surface area contributed by atoms with Crippen LogP contribution in [0, 0.1) is 0 Å². The van der Waals surface area contributed by atoms with Gasteiger partial charge in [0.2, 0.25) is 0 Å². The Kier molecular flexibility index (Phi) is 6.29. The highest BCUT2D eigenvalue weighted by atomic mass is 16.3. The number of furan rings is 1. The highest BCUT2D eigenvalue weighted by Gasteiger charge is 2.39. The van der Waals surface area contributed by atoms with Crippen LogP contribution in [0.2, 0.25) is 0 Å². The molecule has 0 bridgehead atoms. The van der Waals surface area contributed by atoms with Crippen LogP contribution in [0.1, 0.15) is 25.0 Å². The average molecular weight is 737 g/mol. The zero-order valence-electron chi connectivity index (χ0n) is 32.2. The van der Waals surface area contributed by atoms with E-state index in [9.17, 15) is 0 Å². The molecule has 0 spiro atoms. The molecule has 13 rings (SSSR count). The van der Waals surface area contributed by atoms with E-state index in [0.717, 1.165) is 16.6 Å². The van der Waals surface area contributed by atoms with E-state index in [1.807, 2.05) is 0 Å². The lowest BCUT2D eigenvalue weighted by atomic mass is 9.77. The summed E-state index contributed by atoms with van der Waals surface area (Å²) in [4.78, 5) is 0. The second-order valence-electron chi connectivity index (χ2n) is 16.7. The van der Waals surface area contributed by atoms with Crippen molar-refractivity contribution in [3.63, 3.8) is 0 Å². The minimum Gasteiger partial charge on any atom is -0.456 e. The molecule has 1 aliphatic rings. The molecule has 11 aromatic carbocycles. The minimum atomic E-state index is -0.177. The largest absolute Gasteiger partial charge is 0.456 e. The van der Waals surface area contributed by atoms with Crippen molar-refractivity contribution in [1.29, 1.82) is 0 Å². The van der Waals surface area contributed by atoms with E-state index in [2.05, 4.69) is 196 Å². The first kappa shape index (κ1) is 31.9. The summed E-state index contributed by atoms with van der Waals surface area (Å²) in [5.41, 5.74) is 12.2. The third-order valence-electron chi connectivity index (χ3n) is 13.3. The van der Waals surface area contributed by atoms with Gasteiger partial charge in [0, 0.05) is 16.2 Å². The molecule has 58 heavy (non-hydrogen) atoms. The zero-order valence-corrected chi connectivity index (χ0v) is 32.2. The molecule has 0 saturated carbocycles. The van der Waals surface area contributed by atoms with Crippen molar-refractivity contribution in [2.45, 2.75) is 19.3 Å². The molecule has 0 saturated heterocycles. The van der Waals surface area contributed by atoms with Crippen molar-refractivity contribution in [2.24, 2.45) is 0 Å². The first-order chi connectivity index (χ1) is 28.5. The maximum atomic E-state index is 6.45. The van der Waals surface area contributed by atoms with Crippen molar-refractivity contribution in [2.75, 3.05) is 0 Å². The number of rotatable bonds is 2. The molecule has 0 radical (unpaired) electrons. The summed E-state index contributed by atoms with van der Waals surface area (Å²) in [5, 5.41) is 17.7. The Balaban J connectivity index is 1.08. The van der Waals surface area contributed by atoms with Crippen LogP contribution in [0.3, 0.4) is 0 Å². The Morgan fingerprint density at radius 2 is 0.810 bits per heavy atom. The smallest absolute Gasteiger partial charge is 0.136 e. The van der Waals surface area contributed by atoms with Gasteiger partial charge in [-0.2, -0.15) is 0 Å². The van der Waals surface area contributed by atoms with Gasteiger partial charge in [-0.05, 0) is 133 Å². The quantitative estimate of drug-likeness (QED) is 0.127. The Labute approximate surface area is 335 Å². The van der Waals surface area contributed by atoms with Gasteiger partial charge in [0.1, 0.15) is 11.2 Å². The zero-order chi connectivity index (χ0) is 38.3. The van der Waals surface area contributed by atoms with E-state index in [1.54, 1.807) is 0 Å². The summed E-state index contributed by atoms with van der Waals surface area (Å²) in [5.74, 6) is 0. The monoisotopic (exact) mass is 736 g/mol. The highest BCUT2D eigenvalue weighted by molar-refractivity contribution is 6.25. The number of fused-ring (bicyclic) bond motifs is 17. The third-order valence-corrected chi connectivity index (χ3v) is 13.3. The Morgan fingerprint density at radius 3 is 1.47 bits per heavy atom. The van der Waals surface area contributed by atoms with Gasteiger partial charge in [-0.25, -0.2) is 0 Å². The lowest BCUT2D eigenvalue weighted by Gasteiger charge is -2.25. The topological polar surface area (TPSA) is 13.1 Å². The molecule has 0 unspecified atom stereocenters. The van der Waals surface area contributed by atoms with Crippen LogP contribution < -0.4 is 0 Å². The van der Waals surface area contributed by atoms with Crippen molar-refractivity contribution in [3.8, 4) is 33.4 Å². The van der Waals surface area contributed by atoms with Gasteiger partial charge in [-0.3, -0.25) is 0 Å². The number of hydrogen-bond acceptors (Lipinski definition) is 1. The van der Waals surface area contributed by atoms with Crippen molar-refractivity contribution < 1.29 is 4.42 Å². The summed E-state index contributed by atoms with van der Waals surface area (Å²) in [7, 11) is 0. The predicted molar refractivity (Wildman–Crippen MR) is 247 cm³/mol. The molecule has 1 heterocycles. The highest BCUT2D eigenvalue weighted by Crippen LogP contribution is 2.57. The molecule has 1 nitrogen and oxygen atoms in total. The average Bonchev–Trinajstić information content (AvgIpc) is 3.77. The summed E-state index contributed by atoms with van der Waals surface area (Å²) in [6.07, 6.45) is 0. The van der Waals surface area contributed by atoms with E-state index in [4.69, 9.17) is 4.42 Å². The minimum absolute atomic E-state index is 0.177. The molecule has 0 fully saturated rings. The van der Waals surface area contributed by atoms with Gasteiger partial charge in [0.15, 0.2) is 0 Å². The van der Waals surface area contributed by atoms with Crippen LogP contribution in [-0.2, 0) is 5.41 Å². The fourth-order valence-corrected chi connectivity index (χ4v) is 11.0. The first-order valence-electron chi connectivity index (χ1n) is 20.3. The molecule has 0 aliphatic heterocycles. The first-order valence-corrected chi connectivity index (χ1v) is 20.3. The van der Waals surface area contributed by atoms with Gasteiger partial charge in [0.25, 0.3) is 0 Å². The fraction of sp³-hybridized carbons (Fsp3) is 0.0526. The van der Waals surface area contributed by atoms with Gasteiger partial charge >= 0.3 is 0 Å². The lowest BCUT2D eigenvalue weighted by Crippen LogP contribution is -2.16. The summed E-state index contributed by atoms with van der Waals surface area (Å²) in [6, 6.07) is 67.6. The fourth-order valence-electron chi connectivity index (χ4n) is 11.0. The Morgan fingerprint density at radius 1 is 0.328 bits per heavy atom. The molecule has 1 heteroatoms. The second-order valence-corrected chi connectivity index (χ2v) is 16.7. The summed E-state index contributed by atoms with van der Waals surface area (Å²) >= 11 is 0. The van der Waals surface area contributed by atoms with Crippen LogP contribution in [0.4, 0.5) is 0 Å². The maximum absolute atomic E-state index is 6.45. The van der Waals surface area contributed by atoms with Gasteiger partial charge in [0.05, 0.1) is 0 Å². The van der Waals surface area contributed by atoms with Gasteiger partial charge < -0.3 is 4.42 Å². The molecule has 0 atom stereocenters. The number of hydrogen-bond donors (Lipinski definition) is 0. The van der Waals surface area contributed by atoms with Crippen molar-refractivity contribution >= 4 is 86.6 Å². The predicted octanol–water partition coefficient (Wildman–Crippen LogP) is 16.1. The number of benzene rings is 11. The molecule has 1 aromatic heterocycles. The van der Waals surface area contributed by atoms with E-state index < -0.39 is 0 Å². The van der Waals surface area contributed by atoms with Crippen LogP contribution >= 0.6 is 0 Å². The lowest BCUT2D eigenvalue weighted by molar-refractivity contribution is 0.669. The van der Waals surface area contributed by atoms with Crippen LogP contribution in [0.15, 0.2) is 186 Å². The SMILES string of the molecule is CC1(C)c2c(ccc3ccccc23)-c2c1c1ccc(-c3c4ccccc4c(-c4ccc5oc6ccc7ccccc7c6c5c4)c4ccccc34)cc1c1ccccc21. The van der Waals surface area contributed by atoms with Crippen LogP contribution in [0.25, 0.3) is 120 Å². The molecule has 1 aliphatic carbocycles. The van der Waals surface area contributed by atoms with E-state index in [0.29, 0.717) is 0 Å². The van der Waals surface area contributed by atoms with Crippen LogP contribution in [-0.4, -0.2) is 0 Å². The standard InChI is InChI=1S/C57H36O/c1-57(2)55-38-16-6-4-14-34(38)23-28-46(55)54-40-18-8-7-17-39(40)47-31-35(24-27-45(47)56(54)57)51-41-19-9-11-21-43(41)52(44-22-12-10-20-42(44)51)36-26-29-49-48(32-36)53-37-15-5-3-13-33(37)25-30-50(53)58-49/h3-32H,1-2H3. The molecule has 0 N–H and O–H groups in total. The van der Waals surface area contributed by atoms with Gasteiger partial charge in [-0.15, -0.1) is 0 Å². The summed E-state index contributed by atoms with van der Waals surface area (Å²) in [6.45, 7) is 4.86. The molecular weight excluding hydrogens is 701 g/mol.